The number of rotatable bonds is 9. The van der Waals surface area contributed by atoms with Crippen molar-refractivity contribution >= 4 is 29.4 Å². The van der Waals surface area contributed by atoms with E-state index in [2.05, 4.69) is 20.6 Å². The molecule has 1 atom stereocenters. The topological polar surface area (TPSA) is 145 Å². The third kappa shape index (κ3) is 8.24. The number of para-hydroxylation sites is 1. The van der Waals surface area contributed by atoms with Crippen molar-refractivity contribution < 1.29 is 24.6 Å². The molecule has 3 aromatic rings. The first-order valence-electron chi connectivity index (χ1n) is 12.2. The van der Waals surface area contributed by atoms with Gasteiger partial charge in [-0.05, 0) is 44.0 Å². The third-order valence-electron chi connectivity index (χ3n) is 5.72. The maximum Gasteiger partial charge on any atom is 0.503 e. The van der Waals surface area contributed by atoms with Crippen LogP contribution in [0.1, 0.15) is 46.3 Å². The monoisotopic (exact) mass is 517 g/mol. The van der Waals surface area contributed by atoms with E-state index < -0.39 is 6.16 Å². The molecule has 2 aromatic carbocycles. The Kier molecular flexibility index (Phi) is 10.5. The maximum absolute atomic E-state index is 13.7. The van der Waals surface area contributed by atoms with Gasteiger partial charge >= 0.3 is 6.16 Å². The Morgan fingerprint density at radius 2 is 1.74 bits per heavy atom. The molecule has 1 aliphatic rings. The van der Waals surface area contributed by atoms with Gasteiger partial charge in [0.2, 0.25) is 5.78 Å². The van der Waals surface area contributed by atoms with Crippen LogP contribution in [0.25, 0.3) is 0 Å². The number of nitrogens with zero attached hydrogens (tertiary/aromatic N) is 3. The number of hydrogen-bond acceptors (Lipinski definition) is 7. The average molecular weight is 518 g/mol. The SMILES string of the molecule is C/C=C/CN(Cc1ccccc1)C(=O)c1cnc(C(=O)C2CCCN2)nc1Nc1ccccc1.O=C(O)O. The van der Waals surface area contributed by atoms with Gasteiger partial charge in [-0.25, -0.2) is 14.8 Å². The minimum atomic E-state index is -1.83. The zero-order valence-corrected chi connectivity index (χ0v) is 21.1. The number of carbonyl (C=O) groups excluding carboxylic acids is 2. The lowest BCUT2D eigenvalue weighted by molar-refractivity contribution is 0.0761. The van der Waals surface area contributed by atoms with Crippen LogP contribution >= 0.6 is 0 Å². The van der Waals surface area contributed by atoms with Crippen LogP contribution in [0.4, 0.5) is 16.3 Å². The summed E-state index contributed by atoms with van der Waals surface area (Å²) in [5, 5.41) is 20.4. The molecule has 1 unspecified atom stereocenters. The lowest BCUT2D eigenvalue weighted by Gasteiger charge is -2.23. The van der Waals surface area contributed by atoms with Crippen LogP contribution in [0, 0.1) is 0 Å². The van der Waals surface area contributed by atoms with Gasteiger partial charge in [0.25, 0.3) is 5.91 Å². The van der Waals surface area contributed by atoms with E-state index in [1.165, 1.54) is 6.20 Å². The van der Waals surface area contributed by atoms with Crippen LogP contribution < -0.4 is 10.6 Å². The quantitative estimate of drug-likeness (QED) is 0.236. The highest BCUT2D eigenvalue weighted by molar-refractivity contribution is 6.01. The number of anilines is 2. The number of Topliss-reactive ketones (excluding diaryl/α,β-unsaturated/α-hetero) is 1. The first-order valence-corrected chi connectivity index (χ1v) is 12.2. The molecule has 2 heterocycles. The Labute approximate surface area is 221 Å². The number of ketones is 1. The zero-order valence-electron chi connectivity index (χ0n) is 21.1. The molecule has 0 spiro atoms. The zero-order chi connectivity index (χ0) is 27.3. The fourth-order valence-corrected chi connectivity index (χ4v) is 3.90. The van der Waals surface area contributed by atoms with E-state index in [-0.39, 0.29) is 23.6 Å². The van der Waals surface area contributed by atoms with E-state index in [4.69, 9.17) is 15.0 Å². The summed E-state index contributed by atoms with van der Waals surface area (Å²) in [5.41, 5.74) is 2.12. The predicted octanol–water partition coefficient (Wildman–Crippen LogP) is 4.60. The molecule has 4 rings (SSSR count). The van der Waals surface area contributed by atoms with Gasteiger partial charge in [-0.2, -0.15) is 0 Å². The minimum Gasteiger partial charge on any atom is -0.450 e. The number of nitrogens with one attached hydrogen (secondary N) is 2. The molecule has 38 heavy (non-hydrogen) atoms. The molecule has 1 aromatic heterocycles. The van der Waals surface area contributed by atoms with E-state index >= 15 is 0 Å². The van der Waals surface area contributed by atoms with Crippen molar-refractivity contribution in [1.82, 2.24) is 20.2 Å². The maximum atomic E-state index is 13.7. The van der Waals surface area contributed by atoms with Crippen LogP contribution in [-0.4, -0.2) is 62.1 Å². The molecule has 4 N–H and O–H groups in total. The van der Waals surface area contributed by atoms with Crippen molar-refractivity contribution in [2.75, 3.05) is 18.4 Å². The smallest absolute Gasteiger partial charge is 0.450 e. The second-order valence-electron chi connectivity index (χ2n) is 8.48. The van der Waals surface area contributed by atoms with Crippen molar-refractivity contribution in [1.29, 1.82) is 0 Å². The minimum absolute atomic E-state index is 0.109. The summed E-state index contributed by atoms with van der Waals surface area (Å²) in [6.45, 7) is 3.62. The molecule has 0 aliphatic carbocycles. The highest BCUT2D eigenvalue weighted by Gasteiger charge is 2.28. The normalized spacial score (nSPS) is 14.4. The first kappa shape index (κ1) is 28.0. The molecule has 1 aliphatic heterocycles. The fraction of sp³-hybridized carbons (Fsp3) is 0.250. The Balaban J connectivity index is 0.000000934. The van der Waals surface area contributed by atoms with Gasteiger partial charge in [0, 0.05) is 25.0 Å². The molecule has 0 bridgehead atoms. The Morgan fingerprint density at radius 3 is 2.34 bits per heavy atom. The number of carbonyl (C=O) groups is 3. The fourth-order valence-electron chi connectivity index (χ4n) is 3.90. The average Bonchev–Trinajstić information content (AvgIpc) is 3.46. The number of aromatic nitrogens is 2. The molecule has 10 heteroatoms. The van der Waals surface area contributed by atoms with Crippen molar-refractivity contribution in [2.24, 2.45) is 0 Å². The third-order valence-corrected chi connectivity index (χ3v) is 5.72. The van der Waals surface area contributed by atoms with E-state index in [9.17, 15) is 9.59 Å². The highest BCUT2D eigenvalue weighted by atomic mass is 16.6. The summed E-state index contributed by atoms with van der Waals surface area (Å²) in [5.74, 6) is 0.0737. The Morgan fingerprint density at radius 1 is 1.08 bits per heavy atom. The largest absolute Gasteiger partial charge is 0.503 e. The van der Waals surface area contributed by atoms with Crippen LogP contribution in [0.15, 0.2) is 79.0 Å². The van der Waals surface area contributed by atoms with E-state index in [1.807, 2.05) is 79.7 Å². The van der Waals surface area contributed by atoms with Gasteiger partial charge in [-0.1, -0.05) is 60.7 Å². The summed E-state index contributed by atoms with van der Waals surface area (Å²) in [6.07, 6.45) is 5.20. The van der Waals surface area contributed by atoms with Crippen LogP contribution in [0.2, 0.25) is 0 Å². The number of hydrogen-bond donors (Lipinski definition) is 4. The highest BCUT2D eigenvalue weighted by Crippen LogP contribution is 2.22. The van der Waals surface area contributed by atoms with Gasteiger partial charge in [-0.3, -0.25) is 9.59 Å². The summed E-state index contributed by atoms with van der Waals surface area (Å²) < 4.78 is 0. The molecule has 1 fully saturated rings. The number of benzene rings is 2. The Bertz CT molecular complexity index is 1240. The predicted molar refractivity (Wildman–Crippen MR) is 144 cm³/mol. The molecule has 198 valence electrons. The molecular formula is C28H31N5O5. The van der Waals surface area contributed by atoms with Crippen LogP contribution in [0.5, 0.6) is 0 Å². The van der Waals surface area contributed by atoms with Crippen molar-refractivity contribution in [2.45, 2.75) is 32.4 Å². The van der Waals surface area contributed by atoms with Crippen molar-refractivity contribution in [3.8, 4) is 0 Å². The molecule has 1 saturated heterocycles. The van der Waals surface area contributed by atoms with Gasteiger partial charge in [-0.15, -0.1) is 0 Å². The second-order valence-corrected chi connectivity index (χ2v) is 8.48. The summed E-state index contributed by atoms with van der Waals surface area (Å²) >= 11 is 0. The van der Waals surface area contributed by atoms with Gasteiger partial charge < -0.3 is 25.7 Å². The van der Waals surface area contributed by atoms with E-state index in [1.54, 1.807) is 4.90 Å². The van der Waals surface area contributed by atoms with Gasteiger partial charge in [0.15, 0.2) is 5.82 Å². The van der Waals surface area contributed by atoms with E-state index in [0.29, 0.717) is 24.5 Å². The molecule has 0 saturated carbocycles. The standard InChI is InChI=1S/C27H29N5O2.CH2O3/c1-2-3-17-32(19-20-11-6-4-7-12-20)27(34)22-18-29-26(24(33)23-15-10-16-28-23)31-25(22)30-21-13-8-5-9-14-21;2-1(3)4/h2-9,11-14,18,23,28H,10,15-17,19H2,1H3,(H,29,30,31);(H2,2,3,4)/b3-2+;. The van der Waals surface area contributed by atoms with Crippen molar-refractivity contribution in [3.63, 3.8) is 0 Å². The Hall–Kier alpha value is -4.57. The lowest BCUT2D eigenvalue weighted by Crippen LogP contribution is -2.33. The molecule has 0 radical (unpaired) electrons. The number of amides is 1. The number of allylic oxidation sites excluding steroid dienone is 1. The molecule has 1 amide bonds. The van der Waals surface area contributed by atoms with Crippen LogP contribution in [0.3, 0.4) is 0 Å². The van der Waals surface area contributed by atoms with Crippen LogP contribution in [-0.2, 0) is 6.54 Å². The lowest BCUT2D eigenvalue weighted by atomic mass is 10.1. The van der Waals surface area contributed by atoms with Gasteiger partial charge in [0.05, 0.1) is 6.04 Å². The van der Waals surface area contributed by atoms with E-state index in [0.717, 1.165) is 30.6 Å². The second kappa shape index (κ2) is 14.2. The molecule has 10 nitrogen and oxygen atoms in total. The van der Waals surface area contributed by atoms with Gasteiger partial charge in [0.1, 0.15) is 11.4 Å². The summed E-state index contributed by atoms with van der Waals surface area (Å²) in [4.78, 5) is 45.7. The molecular weight excluding hydrogens is 486 g/mol. The summed E-state index contributed by atoms with van der Waals surface area (Å²) in [7, 11) is 0. The van der Waals surface area contributed by atoms with Crippen molar-refractivity contribution in [3.05, 3.63) is 96.0 Å². The first-order chi connectivity index (χ1) is 18.4. The number of carboxylic acid groups (broad SMARTS) is 2. The summed E-state index contributed by atoms with van der Waals surface area (Å²) in [6, 6.07) is 19.0.